The first kappa shape index (κ1) is 27.7. The smallest absolute Gasteiger partial charge is 0.258 e. The van der Waals surface area contributed by atoms with Crippen LogP contribution in [0.2, 0.25) is 0 Å². The fourth-order valence-electron chi connectivity index (χ4n) is 7.14. The van der Waals surface area contributed by atoms with Crippen LogP contribution in [0.25, 0.3) is 0 Å². The van der Waals surface area contributed by atoms with Crippen LogP contribution in [0, 0.1) is 23.6 Å². The van der Waals surface area contributed by atoms with Crippen molar-refractivity contribution in [3.63, 3.8) is 0 Å². The minimum absolute atomic E-state index is 0.0838. The molecule has 4 amide bonds. The van der Waals surface area contributed by atoms with Gasteiger partial charge in [-0.25, -0.2) is 9.29 Å². The van der Waals surface area contributed by atoms with Crippen LogP contribution in [0.4, 0.5) is 10.1 Å². The highest BCUT2D eigenvalue weighted by atomic mass is 35.5. The third-order valence-electron chi connectivity index (χ3n) is 8.98. The normalized spacial score (nSPS) is 32.6. The summed E-state index contributed by atoms with van der Waals surface area (Å²) in [4.78, 5) is 53.3. The van der Waals surface area contributed by atoms with Gasteiger partial charge < -0.3 is 9.84 Å². The van der Waals surface area contributed by atoms with Crippen molar-refractivity contribution >= 4 is 52.5 Å². The maximum Gasteiger partial charge on any atom is 0.258 e. The van der Waals surface area contributed by atoms with E-state index in [0.29, 0.717) is 17.7 Å². The van der Waals surface area contributed by atoms with Gasteiger partial charge in [0.1, 0.15) is 17.3 Å². The van der Waals surface area contributed by atoms with E-state index in [1.807, 2.05) is 6.92 Å². The summed E-state index contributed by atoms with van der Waals surface area (Å²) >= 11 is 14.6. The number of aromatic hydroxyl groups is 1. The van der Waals surface area contributed by atoms with Gasteiger partial charge in [0, 0.05) is 18.0 Å². The first-order valence-electron chi connectivity index (χ1n) is 13.4. The van der Waals surface area contributed by atoms with Gasteiger partial charge in [0.25, 0.3) is 11.8 Å². The van der Waals surface area contributed by atoms with Gasteiger partial charge in [-0.1, -0.05) is 18.6 Å². The highest BCUT2D eigenvalue weighted by Crippen LogP contribution is 2.66. The van der Waals surface area contributed by atoms with E-state index in [4.69, 9.17) is 27.9 Å². The van der Waals surface area contributed by atoms with E-state index < -0.39 is 51.1 Å². The largest absolute Gasteiger partial charge is 0.508 e. The number of carbonyl (C=O) groups is 4. The molecule has 8 nitrogen and oxygen atoms in total. The standard InChI is InChI=1S/C30H27Cl2FN2O6/c1-3-12-34-25(37)19-10-9-18-21(23(19)26(34)38)14-29(31)27(39)35(16-6-4-15(33)5-7-16)28(40)30(29,32)24(18)20-13-17(41-2)8-11-22(20)36/h4-9,11,13,19,21,23-24,36H,3,10,12,14H2,1-2H3/t19-,21+,23-,24+,29+,30-/m0/s1. The highest BCUT2D eigenvalue weighted by Gasteiger charge is 2.76. The number of nitrogens with zero attached hydrogens (tertiary/aromatic N) is 2. The number of benzene rings is 2. The van der Waals surface area contributed by atoms with E-state index >= 15 is 0 Å². The van der Waals surface area contributed by atoms with Crippen molar-refractivity contribution < 1.29 is 33.4 Å². The van der Waals surface area contributed by atoms with E-state index in [0.717, 1.165) is 17.0 Å². The fourth-order valence-corrected chi connectivity index (χ4v) is 8.07. The third kappa shape index (κ3) is 3.64. The Kier molecular flexibility index (Phi) is 6.46. The van der Waals surface area contributed by atoms with Gasteiger partial charge >= 0.3 is 0 Å². The average Bonchev–Trinajstić information content (AvgIpc) is 3.28. The minimum atomic E-state index is -2.13. The number of carbonyl (C=O) groups excluding carboxylic acids is 4. The number of hydrogen-bond acceptors (Lipinski definition) is 6. The average molecular weight is 601 g/mol. The van der Waals surface area contributed by atoms with Crippen LogP contribution < -0.4 is 9.64 Å². The molecule has 6 rings (SSSR count). The van der Waals surface area contributed by atoms with Crippen molar-refractivity contribution in [3.05, 3.63) is 65.5 Å². The molecule has 214 valence electrons. The summed E-state index contributed by atoms with van der Waals surface area (Å²) in [5.74, 6) is -5.97. The number of allylic oxidation sites excluding steroid dienone is 2. The number of phenolic OH excluding ortho intramolecular Hbond substituents is 1. The van der Waals surface area contributed by atoms with Gasteiger partial charge in [0.05, 0.1) is 24.6 Å². The molecule has 2 aliphatic carbocycles. The van der Waals surface area contributed by atoms with Gasteiger partial charge in [0.15, 0.2) is 9.75 Å². The van der Waals surface area contributed by atoms with Crippen molar-refractivity contribution in [3.8, 4) is 11.5 Å². The highest BCUT2D eigenvalue weighted by molar-refractivity contribution is 6.58. The van der Waals surface area contributed by atoms with Crippen LogP contribution >= 0.6 is 23.2 Å². The molecule has 0 aromatic heterocycles. The Bertz CT molecular complexity index is 1530. The topological polar surface area (TPSA) is 104 Å². The Morgan fingerprint density at radius 1 is 1.02 bits per heavy atom. The van der Waals surface area contributed by atoms with Crippen LogP contribution in [-0.2, 0) is 19.2 Å². The van der Waals surface area contributed by atoms with E-state index in [9.17, 15) is 28.7 Å². The molecule has 0 radical (unpaired) electrons. The van der Waals surface area contributed by atoms with Gasteiger partial charge in [-0.3, -0.25) is 24.1 Å². The monoisotopic (exact) mass is 600 g/mol. The SMILES string of the molecule is CCCN1C(=O)[C@H]2[C@H](CC=C3[C@H]2C[C@@]2(Cl)C(=O)N(c4ccc(F)cc4)C(=O)[C@@]2(Cl)[C@H]3c2cc(OC)ccc2O)C1=O. The maximum atomic E-state index is 14.3. The number of fused-ring (bicyclic) bond motifs is 4. The number of methoxy groups -OCH3 is 1. The van der Waals surface area contributed by atoms with Gasteiger partial charge in [-0.15, -0.1) is 23.2 Å². The molecule has 11 heteroatoms. The molecule has 0 bridgehead atoms. The number of rotatable bonds is 5. The molecule has 2 saturated heterocycles. The molecule has 1 saturated carbocycles. The number of hydrogen-bond donors (Lipinski definition) is 1. The minimum Gasteiger partial charge on any atom is -0.508 e. The van der Waals surface area contributed by atoms with Crippen molar-refractivity contribution in [1.29, 1.82) is 0 Å². The number of phenols is 1. The predicted molar refractivity (Wildman–Crippen MR) is 148 cm³/mol. The lowest BCUT2D eigenvalue weighted by Gasteiger charge is -2.50. The molecular weight excluding hydrogens is 574 g/mol. The first-order chi connectivity index (χ1) is 19.5. The first-order valence-corrected chi connectivity index (χ1v) is 14.2. The summed E-state index contributed by atoms with van der Waals surface area (Å²) in [6.45, 7) is 2.14. The van der Waals surface area contributed by atoms with Crippen molar-refractivity contribution in [2.75, 3.05) is 18.6 Å². The molecule has 1 N–H and O–H groups in total. The van der Waals surface area contributed by atoms with Crippen LogP contribution in [-0.4, -0.2) is 57.0 Å². The van der Waals surface area contributed by atoms with Crippen LogP contribution in [0.1, 0.15) is 37.7 Å². The number of amides is 4. The summed E-state index contributed by atoms with van der Waals surface area (Å²) < 4.78 is 19.1. The van der Waals surface area contributed by atoms with E-state index in [1.54, 1.807) is 6.08 Å². The molecule has 2 aliphatic heterocycles. The molecular formula is C30H27Cl2FN2O6. The zero-order valence-corrected chi connectivity index (χ0v) is 23.8. The van der Waals surface area contributed by atoms with Crippen molar-refractivity contribution in [1.82, 2.24) is 4.90 Å². The third-order valence-corrected chi connectivity index (χ3v) is 10.4. The second kappa shape index (κ2) is 9.56. The van der Waals surface area contributed by atoms with Gasteiger partial charge in [-0.2, -0.15) is 0 Å². The summed E-state index contributed by atoms with van der Waals surface area (Å²) in [5.41, 5.74) is 0.839. The fraction of sp³-hybridized carbons (Fsp3) is 0.400. The van der Waals surface area contributed by atoms with Crippen molar-refractivity contribution in [2.45, 2.75) is 41.9 Å². The Morgan fingerprint density at radius 3 is 2.39 bits per heavy atom. The molecule has 2 heterocycles. The molecule has 0 unspecified atom stereocenters. The lowest BCUT2D eigenvalue weighted by Crippen LogP contribution is -2.60. The van der Waals surface area contributed by atoms with Crippen LogP contribution in [0.3, 0.4) is 0 Å². The molecule has 2 aromatic rings. The van der Waals surface area contributed by atoms with Crippen molar-refractivity contribution in [2.24, 2.45) is 17.8 Å². The Labute approximate surface area is 245 Å². The summed E-state index contributed by atoms with van der Waals surface area (Å²) in [6, 6.07) is 9.25. The molecule has 6 atom stereocenters. The zero-order valence-electron chi connectivity index (χ0n) is 22.3. The predicted octanol–water partition coefficient (Wildman–Crippen LogP) is 4.51. The number of halogens is 3. The van der Waals surface area contributed by atoms with Crippen LogP contribution in [0.5, 0.6) is 11.5 Å². The van der Waals surface area contributed by atoms with E-state index in [2.05, 4.69) is 0 Å². The maximum absolute atomic E-state index is 14.3. The number of likely N-dealkylation sites (tertiary alicyclic amines) is 1. The van der Waals surface area contributed by atoms with E-state index in [1.165, 1.54) is 42.3 Å². The molecule has 2 aromatic carbocycles. The quantitative estimate of drug-likeness (QED) is 0.307. The van der Waals surface area contributed by atoms with Gasteiger partial charge in [0.2, 0.25) is 11.8 Å². The lowest BCUT2D eigenvalue weighted by molar-refractivity contribution is -0.140. The number of alkyl halides is 2. The van der Waals surface area contributed by atoms with Gasteiger partial charge in [-0.05, 0) is 67.6 Å². The van der Waals surface area contributed by atoms with Crippen LogP contribution in [0.15, 0.2) is 54.1 Å². The Morgan fingerprint density at radius 2 is 1.73 bits per heavy atom. The number of imide groups is 2. The molecule has 4 aliphatic rings. The molecule has 3 fully saturated rings. The number of ether oxygens (including phenoxy) is 1. The molecule has 0 spiro atoms. The van der Waals surface area contributed by atoms with E-state index in [-0.39, 0.29) is 48.2 Å². The second-order valence-electron chi connectivity index (χ2n) is 11.0. The second-order valence-corrected chi connectivity index (χ2v) is 12.2. The summed E-state index contributed by atoms with van der Waals surface area (Å²) in [7, 11) is 1.44. The Balaban J connectivity index is 1.57. The molecule has 41 heavy (non-hydrogen) atoms. The summed E-state index contributed by atoms with van der Waals surface area (Å²) in [5, 5.41) is 11.1. The zero-order chi connectivity index (χ0) is 29.4. The lowest BCUT2D eigenvalue weighted by atomic mass is 9.56. The summed E-state index contributed by atoms with van der Waals surface area (Å²) in [6.07, 6.45) is 2.43. The Hall–Kier alpha value is -3.43. The number of anilines is 1.